The number of ether oxygens (including phenoxy) is 2. The van der Waals surface area contributed by atoms with Crippen molar-refractivity contribution in [2.75, 3.05) is 14.2 Å². The lowest BCUT2D eigenvalue weighted by Gasteiger charge is -2.05. The molecule has 8 heteroatoms. The molecule has 0 spiro atoms. The van der Waals surface area contributed by atoms with Gasteiger partial charge >= 0.3 is 11.9 Å². The van der Waals surface area contributed by atoms with Crippen LogP contribution in [0.5, 0.6) is 0 Å². The number of hydrogen-bond donors (Lipinski definition) is 0. The van der Waals surface area contributed by atoms with Crippen molar-refractivity contribution in [3.63, 3.8) is 0 Å². The van der Waals surface area contributed by atoms with Gasteiger partial charge in [-0.15, -0.1) is 0 Å². The number of fused-ring (bicyclic) bond motifs is 1. The second kappa shape index (κ2) is 9.09. The first kappa shape index (κ1) is 18.0. The zero-order valence-corrected chi connectivity index (χ0v) is 14.6. The summed E-state index contributed by atoms with van der Waals surface area (Å²) < 4.78 is 9.10. The zero-order valence-electron chi connectivity index (χ0n) is 13.0. The Morgan fingerprint density at radius 2 is 1.29 bits per heavy atom. The highest BCUT2D eigenvalue weighted by atomic mass is 32.2. The van der Waals surface area contributed by atoms with Crippen molar-refractivity contribution < 1.29 is 19.1 Å². The number of nitrogens with zero attached hydrogens (tertiary/aromatic N) is 2. The van der Waals surface area contributed by atoms with E-state index in [1.807, 2.05) is 24.3 Å². The number of methoxy groups -OCH3 is 2. The van der Waals surface area contributed by atoms with Crippen molar-refractivity contribution in [1.29, 1.82) is 0 Å². The number of carbonyl (C=O) groups excluding carboxylic acids is 2. The molecule has 0 saturated carbocycles. The van der Waals surface area contributed by atoms with E-state index < -0.39 is 11.9 Å². The number of para-hydroxylation sites is 2. The van der Waals surface area contributed by atoms with Crippen molar-refractivity contribution in [2.45, 2.75) is 10.1 Å². The van der Waals surface area contributed by atoms with Gasteiger partial charge in [-0.25, -0.2) is 19.6 Å². The predicted molar refractivity (Wildman–Crippen MR) is 93.6 cm³/mol. The summed E-state index contributed by atoms with van der Waals surface area (Å²) >= 11 is 2.49. The first-order chi connectivity index (χ1) is 11.6. The highest BCUT2D eigenvalue weighted by molar-refractivity contribution is 8.05. The molecule has 0 atom stereocenters. The Balaban J connectivity index is 2.29. The maximum Gasteiger partial charge on any atom is 0.330 e. The maximum absolute atomic E-state index is 11.2. The molecule has 1 aromatic carbocycles. The highest BCUT2D eigenvalue weighted by Crippen LogP contribution is 2.30. The summed E-state index contributed by atoms with van der Waals surface area (Å²) in [5.74, 6) is -0.896. The Morgan fingerprint density at radius 1 is 0.875 bits per heavy atom. The van der Waals surface area contributed by atoms with Gasteiger partial charge in [-0.2, -0.15) is 0 Å². The Kier molecular flexibility index (Phi) is 6.83. The third-order valence-corrected chi connectivity index (χ3v) is 4.37. The smallest absolute Gasteiger partial charge is 0.330 e. The topological polar surface area (TPSA) is 78.4 Å². The molecule has 2 rings (SSSR count). The fourth-order valence-electron chi connectivity index (χ4n) is 1.57. The van der Waals surface area contributed by atoms with E-state index in [9.17, 15) is 9.59 Å². The summed E-state index contributed by atoms with van der Waals surface area (Å²) in [6.45, 7) is 0. The summed E-state index contributed by atoms with van der Waals surface area (Å²) in [7, 11) is 2.62. The van der Waals surface area contributed by atoms with Gasteiger partial charge in [0.15, 0.2) is 0 Å². The van der Waals surface area contributed by atoms with Crippen molar-refractivity contribution in [1.82, 2.24) is 9.97 Å². The number of esters is 2. The van der Waals surface area contributed by atoms with Crippen LogP contribution in [0.25, 0.3) is 11.0 Å². The van der Waals surface area contributed by atoms with Crippen LogP contribution in [0.4, 0.5) is 0 Å². The Hall–Kier alpha value is -2.32. The average molecular weight is 362 g/mol. The van der Waals surface area contributed by atoms with Crippen molar-refractivity contribution >= 4 is 46.5 Å². The summed E-state index contributed by atoms with van der Waals surface area (Å²) in [6, 6.07) is 7.46. The quantitative estimate of drug-likeness (QED) is 0.440. The van der Waals surface area contributed by atoms with E-state index in [0.29, 0.717) is 10.1 Å². The molecule has 0 N–H and O–H groups in total. The molecule has 0 aliphatic carbocycles. The van der Waals surface area contributed by atoms with Gasteiger partial charge in [0.1, 0.15) is 10.1 Å². The van der Waals surface area contributed by atoms with Gasteiger partial charge in [-0.1, -0.05) is 35.7 Å². The van der Waals surface area contributed by atoms with E-state index in [1.54, 1.807) is 10.8 Å². The van der Waals surface area contributed by atoms with Crippen molar-refractivity contribution in [2.24, 2.45) is 0 Å². The van der Waals surface area contributed by atoms with Crippen LogP contribution >= 0.6 is 23.5 Å². The Morgan fingerprint density at radius 3 is 1.67 bits per heavy atom. The number of benzene rings is 1. The van der Waals surface area contributed by atoms with Gasteiger partial charge in [0.2, 0.25) is 0 Å². The number of aromatic nitrogens is 2. The number of hydrogen-bond acceptors (Lipinski definition) is 8. The SMILES string of the molecule is COC(=O)/C=C/Sc1nc2ccccc2nc1S/C=C/C(=O)OC. The molecular weight excluding hydrogens is 348 g/mol. The number of carbonyl (C=O) groups is 2. The first-order valence-electron chi connectivity index (χ1n) is 6.73. The van der Waals surface area contributed by atoms with Gasteiger partial charge < -0.3 is 9.47 Å². The molecule has 0 bridgehead atoms. The van der Waals surface area contributed by atoms with E-state index in [0.717, 1.165) is 11.0 Å². The van der Waals surface area contributed by atoms with E-state index in [-0.39, 0.29) is 0 Å². The molecule has 6 nitrogen and oxygen atoms in total. The molecule has 1 aromatic heterocycles. The lowest BCUT2D eigenvalue weighted by molar-refractivity contribution is -0.135. The minimum Gasteiger partial charge on any atom is -0.466 e. The highest BCUT2D eigenvalue weighted by Gasteiger charge is 2.09. The van der Waals surface area contributed by atoms with E-state index in [2.05, 4.69) is 19.4 Å². The van der Waals surface area contributed by atoms with Crippen LogP contribution in [-0.4, -0.2) is 36.1 Å². The summed E-state index contributed by atoms with van der Waals surface area (Å²) in [4.78, 5) is 31.4. The molecule has 0 radical (unpaired) electrons. The third-order valence-electron chi connectivity index (χ3n) is 2.68. The van der Waals surface area contributed by atoms with Crippen molar-refractivity contribution in [3.05, 3.63) is 47.2 Å². The van der Waals surface area contributed by atoms with Gasteiger partial charge in [-0.05, 0) is 22.9 Å². The van der Waals surface area contributed by atoms with Crippen LogP contribution in [-0.2, 0) is 19.1 Å². The fourth-order valence-corrected chi connectivity index (χ4v) is 3.07. The van der Waals surface area contributed by atoms with Crippen LogP contribution in [0.2, 0.25) is 0 Å². The van der Waals surface area contributed by atoms with Crippen LogP contribution in [0, 0.1) is 0 Å². The number of rotatable bonds is 6. The number of thioether (sulfide) groups is 2. The normalized spacial score (nSPS) is 11.2. The molecule has 0 fully saturated rings. The maximum atomic E-state index is 11.2. The minimum absolute atomic E-state index is 0.448. The van der Waals surface area contributed by atoms with Gasteiger partial charge in [0, 0.05) is 12.2 Å². The van der Waals surface area contributed by atoms with Crippen LogP contribution in [0.15, 0.2) is 57.3 Å². The van der Waals surface area contributed by atoms with E-state index in [4.69, 9.17) is 0 Å². The molecule has 0 saturated heterocycles. The van der Waals surface area contributed by atoms with Crippen LogP contribution in [0.3, 0.4) is 0 Å². The summed E-state index contributed by atoms with van der Waals surface area (Å²) in [6.07, 6.45) is 2.61. The molecule has 0 amide bonds. The molecule has 2 aromatic rings. The Labute approximate surface area is 147 Å². The van der Waals surface area contributed by atoms with Gasteiger partial charge in [-0.3, -0.25) is 0 Å². The predicted octanol–water partition coefficient (Wildman–Crippen LogP) is 3.19. The van der Waals surface area contributed by atoms with Crippen LogP contribution < -0.4 is 0 Å². The lowest BCUT2D eigenvalue weighted by atomic mass is 10.3. The largest absolute Gasteiger partial charge is 0.466 e. The monoisotopic (exact) mass is 362 g/mol. The lowest BCUT2D eigenvalue weighted by Crippen LogP contribution is -1.94. The average Bonchev–Trinajstić information content (AvgIpc) is 2.61. The second-order valence-corrected chi connectivity index (χ2v) is 6.00. The molecule has 24 heavy (non-hydrogen) atoms. The summed E-state index contributed by atoms with van der Waals surface area (Å²) in [5, 5.41) is 4.40. The van der Waals surface area contributed by atoms with Crippen molar-refractivity contribution in [3.8, 4) is 0 Å². The first-order valence-corrected chi connectivity index (χ1v) is 8.49. The Bertz CT molecular complexity index is 739. The molecule has 0 unspecified atom stereocenters. The molecule has 1 heterocycles. The van der Waals surface area contributed by atoms with E-state index in [1.165, 1.54) is 49.9 Å². The van der Waals surface area contributed by atoms with Gasteiger partial charge in [0.05, 0.1) is 25.3 Å². The van der Waals surface area contributed by atoms with E-state index >= 15 is 0 Å². The standard InChI is InChI=1S/C16H14N2O4S2/c1-21-13(19)7-9-23-15-16(24-10-8-14(20)22-2)18-12-6-4-3-5-11(12)17-15/h3-10H,1-2H3/b9-7+,10-8+. The summed E-state index contributed by atoms with van der Waals surface area (Å²) in [5.41, 5.74) is 1.49. The minimum atomic E-state index is -0.448. The third kappa shape index (κ3) is 5.10. The molecule has 124 valence electrons. The molecular formula is C16H14N2O4S2. The fraction of sp³-hybridized carbons (Fsp3) is 0.125. The zero-order chi connectivity index (χ0) is 17.4. The second-order valence-electron chi connectivity index (χ2n) is 4.21. The molecule has 0 aliphatic rings. The van der Waals surface area contributed by atoms with Gasteiger partial charge in [0.25, 0.3) is 0 Å². The molecule has 0 aliphatic heterocycles. The van der Waals surface area contributed by atoms with Crippen LogP contribution in [0.1, 0.15) is 0 Å².